The van der Waals surface area contributed by atoms with Crippen LogP contribution in [0.4, 0.5) is 4.39 Å². The van der Waals surface area contributed by atoms with Crippen molar-refractivity contribution in [3.8, 4) is 0 Å². The van der Waals surface area contributed by atoms with Crippen LogP contribution in [-0.2, 0) is 4.79 Å². The van der Waals surface area contributed by atoms with Crippen molar-refractivity contribution in [2.24, 2.45) is 0 Å². The summed E-state index contributed by atoms with van der Waals surface area (Å²) in [5.74, 6) is 0. The first-order valence-corrected chi connectivity index (χ1v) is 1.85. The second kappa shape index (κ2) is 1.69. The number of hydrogen-bond donors (Lipinski definition) is 0. The van der Waals surface area contributed by atoms with Gasteiger partial charge in [0.05, 0.1) is 0 Å². The molecule has 4 nitrogen and oxygen atoms in total. The highest BCUT2D eigenvalue weighted by Crippen LogP contribution is 1.79. The summed E-state index contributed by atoms with van der Waals surface area (Å²) >= 11 is 0. The van der Waals surface area contributed by atoms with Crippen molar-refractivity contribution < 1.29 is 9.18 Å². The first-order valence-electron chi connectivity index (χ1n) is 1.85. The van der Waals surface area contributed by atoms with Crippen molar-refractivity contribution in [2.75, 3.05) is 0 Å². The Morgan fingerprint density at radius 3 is 2.88 bits per heavy atom. The average Bonchev–Trinajstić information content (AvgIpc) is 2.14. The third-order valence-electron chi connectivity index (χ3n) is 0.589. The molecule has 0 saturated carbocycles. The fraction of sp³-hybridized carbons (Fsp3) is 0. The molecule has 0 aliphatic carbocycles. The third kappa shape index (κ3) is 0.699. The smallest absolute Gasteiger partial charge is 0.276 e. The van der Waals surface area contributed by atoms with Gasteiger partial charge in [0.1, 0.15) is 6.33 Å². The van der Waals surface area contributed by atoms with Crippen LogP contribution in [0.15, 0.2) is 6.33 Å². The first kappa shape index (κ1) is 4.89. The average molecular weight is 115 g/mol. The zero-order chi connectivity index (χ0) is 5.98. The van der Waals surface area contributed by atoms with E-state index >= 15 is 0 Å². The number of rotatable bonds is 1. The number of halogens is 1. The first-order chi connectivity index (χ1) is 3.83. The van der Waals surface area contributed by atoms with Gasteiger partial charge in [-0.05, 0) is 0 Å². The van der Waals surface area contributed by atoms with Gasteiger partial charge in [0.2, 0.25) is 6.41 Å². The lowest BCUT2D eigenvalue weighted by Crippen LogP contribution is -1.93. The summed E-state index contributed by atoms with van der Waals surface area (Å²) in [7, 11) is 0. The van der Waals surface area contributed by atoms with Crippen LogP contribution in [0.2, 0.25) is 0 Å². The Bertz CT molecular complexity index is 196. The largest absolute Gasteiger partial charge is 0.327 e. The van der Waals surface area contributed by atoms with Crippen molar-refractivity contribution in [2.45, 2.75) is 0 Å². The van der Waals surface area contributed by atoms with Crippen LogP contribution < -0.4 is 0 Å². The highest BCUT2D eigenvalue weighted by atomic mass is 19.1. The van der Waals surface area contributed by atoms with Crippen molar-refractivity contribution in [3.05, 3.63) is 12.4 Å². The third-order valence-corrected chi connectivity index (χ3v) is 0.589. The second-order valence-corrected chi connectivity index (χ2v) is 1.10. The summed E-state index contributed by atoms with van der Waals surface area (Å²) < 4.78 is 12.5. The molecule has 0 aromatic carbocycles. The van der Waals surface area contributed by atoms with Crippen molar-refractivity contribution in [1.29, 1.82) is 0 Å². The van der Waals surface area contributed by atoms with Crippen LogP contribution in [-0.4, -0.2) is 21.2 Å². The zero-order valence-corrected chi connectivity index (χ0v) is 3.78. The Kier molecular flexibility index (Phi) is 1.03. The Labute approximate surface area is 44.0 Å². The SMILES string of the molecule is O=Cn1cnc(F)n1. The highest BCUT2D eigenvalue weighted by molar-refractivity contribution is 5.49. The molecule has 0 N–H and O–H groups in total. The van der Waals surface area contributed by atoms with Gasteiger partial charge >= 0.3 is 6.08 Å². The number of hydrogen-bond acceptors (Lipinski definition) is 3. The Morgan fingerprint density at radius 1 is 1.88 bits per heavy atom. The van der Waals surface area contributed by atoms with E-state index in [4.69, 9.17) is 0 Å². The van der Waals surface area contributed by atoms with Crippen molar-refractivity contribution in [1.82, 2.24) is 14.8 Å². The van der Waals surface area contributed by atoms with Crippen molar-refractivity contribution in [3.63, 3.8) is 0 Å². The molecule has 0 atom stereocenters. The molecule has 0 aliphatic rings. The van der Waals surface area contributed by atoms with E-state index in [0.717, 1.165) is 11.0 Å². The maximum atomic E-state index is 11.7. The minimum Gasteiger partial charge on any atom is -0.276 e. The summed E-state index contributed by atoms with van der Waals surface area (Å²) in [6.07, 6.45) is 0.454. The molecule has 0 fully saturated rings. The molecular weight excluding hydrogens is 113 g/mol. The lowest BCUT2D eigenvalue weighted by atomic mass is 11.2. The minimum atomic E-state index is -0.892. The molecule has 1 rings (SSSR count). The summed E-state index contributed by atoms with van der Waals surface area (Å²) in [5.41, 5.74) is 0. The quantitative estimate of drug-likeness (QED) is 0.461. The number of carbonyl (C=O) groups excluding carboxylic acids is 1. The van der Waals surface area contributed by atoms with Gasteiger partial charge in [-0.3, -0.25) is 4.79 Å². The van der Waals surface area contributed by atoms with E-state index in [1.54, 1.807) is 0 Å². The Hall–Kier alpha value is -1.26. The van der Waals surface area contributed by atoms with Gasteiger partial charge in [0, 0.05) is 0 Å². The molecule has 42 valence electrons. The highest BCUT2D eigenvalue weighted by Gasteiger charge is 1.92. The number of carbonyl (C=O) groups is 1. The second-order valence-electron chi connectivity index (χ2n) is 1.10. The fourth-order valence-electron chi connectivity index (χ4n) is 0.305. The summed E-state index contributed by atoms with van der Waals surface area (Å²) in [4.78, 5) is 12.8. The lowest BCUT2D eigenvalue weighted by molar-refractivity contribution is 0.517. The van der Waals surface area contributed by atoms with E-state index in [0.29, 0.717) is 6.41 Å². The molecule has 0 radical (unpaired) electrons. The van der Waals surface area contributed by atoms with Gasteiger partial charge in [0.25, 0.3) is 0 Å². The van der Waals surface area contributed by atoms with Crippen molar-refractivity contribution >= 4 is 6.41 Å². The molecule has 0 saturated heterocycles. The summed E-state index contributed by atoms with van der Waals surface area (Å²) in [6, 6.07) is 0. The maximum Gasteiger partial charge on any atom is 0.327 e. The van der Waals surface area contributed by atoms with E-state index in [-0.39, 0.29) is 0 Å². The topological polar surface area (TPSA) is 47.8 Å². The molecule has 5 heteroatoms. The molecule has 1 heterocycles. The normalized spacial score (nSPS) is 9.12. The monoisotopic (exact) mass is 115 g/mol. The summed E-state index contributed by atoms with van der Waals surface area (Å²) in [5, 5.41) is 3.00. The van der Waals surface area contributed by atoms with Gasteiger partial charge in [-0.2, -0.15) is 14.1 Å². The number of aromatic nitrogens is 3. The predicted octanol–water partition coefficient (Wildman–Crippen LogP) is -0.544. The van der Waals surface area contributed by atoms with Gasteiger partial charge in [0.15, 0.2) is 0 Å². The predicted molar refractivity (Wildman–Crippen MR) is 22.1 cm³/mol. The molecule has 0 spiro atoms. The molecule has 0 amide bonds. The van der Waals surface area contributed by atoms with Gasteiger partial charge in [-0.15, -0.1) is 5.10 Å². The van der Waals surface area contributed by atoms with E-state index in [9.17, 15) is 9.18 Å². The maximum absolute atomic E-state index is 11.7. The molecule has 0 bridgehead atoms. The fourth-order valence-corrected chi connectivity index (χ4v) is 0.305. The van der Waals surface area contributed by atoms with E-state index in [2.05, 4.69) is 10.1 Å². The van der Waals surface area contributed by atoms with Crippen LogP contribution in [0.1, 0.15) is 0 Å². The van der Waals surface area contributed by atoms with Gasteiger partial charge in [-0.1, -0.05) is 0 Å². The van der Waals surface area contributed by atoms with Crippen LogP contribution in [0.3, 0.4) is 0 Å². The molecule has 8 heavy (non-hydrogen) atoms. The lowest BCUT2D eigenvalue weighted by Gasteiger charge is -1.74. The molecular formula is C3H2FN3O. The number of nitrogens with zero attached hydrogens (tertiary/aromatic N) is 3. The zero-order valence-electron chi connectivity index (χ0n) is 3.78. The van der Waals surface area contributed by atoms with E-state index < -0.39 is 6.08 Å². The minimum absolute atomic E-state index is 0.357. The molecule has 1 aromatic rings. The molecule has 0 aliphatic heterocycles. The molecule has 1 aromatic heterocycles. The van der Waals surface area contributed by atoms with Crippen LogP contribution in [0.5, 0.6) is 0 Å². The van der Waals surface area contributed by atoms with E-state index in [1.807, 2.05) is 0 Å². The Balaban J connectivity index is 3.00. The summed E-state index contributed by atoms with van der Waals surface area (Å²) in [6.45, 7) is 0. The van der Waals surface area contributed by atoms with Gasteiger partial charge in [-0.25, -0.2) is 0 Å². The van der Waals surface area contributed by atoms with Crippen LogP contribution in [0.25, 0.3) is 0 Å². The Morgan fingerprint density at radius 2 is 2.62 bits per heavy atom. The standard InChI is InChI=1S/C3H2FN3O/c4-3-5-1-7(2-8)6-3/h1-2H. The molecule has 0 unspecified atom stereocenters. The van der Waals surface area contributed by atoms with Crippen LogP contribution >= 0.6 is 0 Å². The van der Waals surface area contributed by atoms with Crippen LogP contribution in [0, 0.1) is 6.08 Å². The van der Waals surface area contributed by atoms with Gasteiger partial charge < -0.3 is 0 Å². The van der Waals surface area contributed by atoms with E-state index in [1.165, 1.54) is 0 Å².